The first-order valence-corrected chi connectivity index (χ1v) is 21.4. The van der Waals surface area contributed by atoms with Gasteiger partial charge in [0.05, 0.1) is 42.4 Å². The maximum absolute atomic E-state index is 15.1. The zero-order chi connectivity index (χ0) is 48.0. The fourth-order valence-electron chi connectivity index (χ4n) is 10.1. The molecule has 1 saturated heterocycles. The minimum absolute atomic E-state index is 0.0334. The highest BCUT2D eigenvalue weighted by atomic mass is 16.6. The molecule has 3 aliphatic carbocycles. The van der Waals surface area contributed by atoms with E-state index in [1.807, 2.05) is 0 Å². The van der Waals surface area contributed by atoms with Crippen LogP contribution >= 0.6 is 0 Å². The molecule has 2 bridgehead atoms. The van der Waals surface area contributed by atoms with Crippen LogP contribution in [0, 0.1) is 16.7 Å². The van der Waals surface area contributed by atoms with Crippen LogP contribution in [0.3, 0.4) is 0 Å². The number of amides is 1. The maximum atomic E-state index is 15.1. The molecular weight excluding hydrogens is 851 g/mol. The standard InChI is InChI=1S/C47H57NO17/c1-24-28(61-41(57)36(62-32(53)20-19-31(51)52)34(26-15-11-9-12-16-26)48-42(58)65-43(3,4)5)22-47(59)39(63-40(56)27-17-13-10-14-18-27)37-45(8,38(55)35(54)33(24)44(47,6)7)29(50)21-30-46(37,23-60-30)64-25(2)49/h9-18,28-30,34-37,39,50,54,59H,19-23H2,1-8H3,(H,48,58)(H,51,52)/t28-,29-,30?,34-,35+,36+,37-,39-,45+,46?,47+/m1/s1. The average Bonchev–Trinajstić information content (AvgIpc) is 3.22. The summed E-state index contributed by atoms with van der Waals surface area (Å²) in [6.45, 7) is 11.4. The lowest BCUT2D eigenvalue weighted by molar-refractivity contribution is -0.346. The Balaban J connectivity index is 1.52. The number of carbonyl (C=O) groups excluding carboxylic acids is 6. The average molecular weight is 908 g/mol. The third-order valence-corrected chi connectivity index (χ3v) is 13.3. The van der Waals surface area contributed by atoms with Crippen molar-refractivity contribution in [1.82, 2.24) is 5.32 Å². The molecule has 0 radical (unpaired) electrons. The van der Waals surface area contributed by atoms with Crippen molar-refractivity contribution in [3.05, 3.63) is 82.9 Å². The first kappa shape index (κ1) is 48.8. The molecule has 1 aliphatic heterocycles. The normalized spacial score (nSPS) is 31.2. The summed E-state index contributed by atoms with van der Waals surface area (Å²) in [5.41, 5.74) is -8.90. The molecule has 1 heterocycles. The summed E-state index contributed by atoms with van der Waals surface area (Å²) in [6, 6.07) is 14.0. The van der Waals surface area contributed by atoms with Crippen molar-refractivity contribution in [1.29, 1.82) is 0 Å². The smallest absolute Gasteiger partial charge is 0.408 e. The lowest BCUT2D eigenvalue weighted by Gasteiger charge is -2.67. The van der Waals surface area contributed by atoms with Crippen molar-refractivity contribution in [3.63, 3.8) is 0 Å². The molecule has 2 saturated carbocycles. The zero-order valence-corrected chi connectivity index (χ0v) is 37.5. The number of Topliss-reactive ketones (excluding diaryl/α,β-unsaturated/α-hetero) is 1. The maximum Gasteiger partial charge on any atom is 0.408 e. The predicted octanol–water partition coefficient (Wildman–Crippen LogP) is 3.68. The number of carboxylic acids is 1. The molecule has 65 heavy (non-hydrogen) atoms. The second-order valence-electron chi connectivity index (χ2n) is 18.9. The number of carboxylic acid groups (broad SMARTS) is 1. The molecule has 18 heteroatoms. The summed E-state index contributed by atoms with van der Waals surface area (Å²) in [4.78, 5) is 95.2. The Hall–Kier alpha value is -5.69. The second-order valence-corrected chi connectivity index (χ2v) is 18.9. The summed E-state index contributed by atoms with van der Waals surface area (Å²) in [5.74, 6) is -8.16. The van der Waals surface area contributed by atoms with Gasteiger partial charge in [-0.25, -0.2) is 14.4 Å². The van der Waals surface area contributed by atoms with Gasteiger partial charge in [-0.05, 0) is 63.5 Å². The van der Waals surface area contributed by atoms with Gasteiger partial charge in [0.2, 0.25) is 6.10 Å². The molecule has 352 valence electrons. The van der Waals surface area contributed by atoms with Crippen molar-refractivity contribution in [2.75, 3.05) is 6.61 Å². The molecule has 4 aliphatic rings. The molecular formula is C47H57NO17. The number of aliphatic hydroxyl groups is 3. The Bertz CT molecular complexity index is 2240. The van der Waals surface area contributed by atoms with Crippen molar-refractivity contribution >= 4 is 41.7 Å². The number of ether oxygens (including phenoxy) is 6. The molecule has 0 spiro atoms. The van der Waals surface area contributed by atoms with E-state index < -0.39 is 137 Å². The Morgan fingerprint density at radius 3 is 2.09 bits per heavy atom. The van der Waals surface area contributed by atoms with Crippen LogP contribution in [0.15, 0.2) is 71.8 Å². The summed E-state index contributed by atoms with van der Waals surface area (Å²) in [7, 11) is 0. The number of hydrogen-bond donors (Lipinski definition) is 5. The molecule has 2 aromatic rings. The Kier molecular flexibility index (Phi) is 13.5. The number of benzene rings is 2. The molecule has 3 fully saturated rings. The van der Waals surface area contributed by atoms with Gasteiger partial charge in [-0.15, -0.1) is 0 Å². The minimum Gasteiger partial charge on any atom is -0.481 e. The summed E-state index contributed by atoms with van der Waals surface area (Å²) in [5, 5.41) is 49.8. The van der Waals surface area contributed by atoms with E-state index in [9.17, 15) is 49.2 Å². The Labute approximate surface area is 375 Å². The quantitative estimate of drug-likeness (QED) is 0.116. The minimum atomic E-state index is -2.46. The number of ketones is 1. The molecule has 2 unspecified atom stereocenters. The van der Waals surface area contributed by atoms with Gasteiger partial charge in [0.25, 0.3) is 0 Å². The lowest BCUT2D eigenvalue weighted by atomic mass is 9.44. The first-order valence-electron chi connectivity index (χ1n) is 21.4. The number of carbonyl (C=O) groups is 7. The SMILES string of the molecule is CC(=O)OC12COC1C[C@@H](O)[C@]1(C)C(=O)[C@@H](O)C3=C(C)[C@H](OC(=O)[C@@H](OC(=O)CCC(=O)O)[C@H](NC(=O)OC(C)(C)C)c4ccccc4)C[C@](O)([C@H](OC(=O)c4ccccc4)[C@@H]21)C3(C)C. The van der Waals surface area contributed by atoms with Gasteiger partial charge < -0.3 is 54.2 Å². The van der Waals surface area contributed by atoms with Crippen molar-refractivity contribution in [2.24, 2.45) is 16.7 Å². The Morgan fingerprint density at radius 1 is 0.923 bits per heavy atom. The number of aliphatic carboxylic acids is 1. The van der Waals surface area contributed by atoms with Crippen LogP contribution in [-0.2, 0) is 52.4 Å². The number of hydrogen-bond acceptors (Lipinski definition) is 16. The first-order chi connectivity index (χ1) is 30.3. The zero-order valence-electron chi connectivity index (χ0n) is 37.5. The van der Waals surface area contributed by atoms with Crippen LogP contribution in [-0.4, -0.2) is 122 Å². The predicted molar refractivity (Wildman–Crippen MR) is 224 cm³/mol. The molecule has 5 N–H and O–H groups in total. The van der Waals surface area contributed by atoms with Crippen LogP contribution in [0.1, 0.15) is 103 Å². The van der Waals surface area contributed by atoms with Crippen molar-refractivity contribution in [2.45, 2.75) is 141 Å². The van der Waals surface area contributed by atoms with E-state index >= 15 is 4.79 Å². The summed E-state index contributed by atoms with van der Waals surface area (Å²) in [6.07, 6.45) is -13.5. The number of alkyl carbamates (subject to hydrolysis) is 1. The van der Waals surface area contributed by atoms with Crippen LogP contribution in [0.4, 0.5) is 4.79 Å². The van der Waals surface area contributed by atoms with E-state index in [1.54, 1.807) is 57.2 Å². The van der Waals surface area contributed by atoms with Gasteiger partial charge in [-0.1, -0.05) is 62.4 Å². The third-order valence-electron chi connectivity index (χ3n) is 13.3. The molecule has 0 aromatic heterocycles. The van der Waals surface area contributed by atoms with E-state index in [0.717, 1.165) is 6.92 Å². The third kappa shape index (κ3) is 9.00. The van der Waals surface area contributed by atoms with Crippen molar-refractivity contribution < 1.29 is 82.4 Å². The van der Waals surface area contributed by atoms with Crippen LogP contribution < -0.4 is 5.32 Å². The highest BCUT2D eigenvalue weighted by Crippen LogP contribution is 2.64. The highest BCUT2D eigenvalue weighted by Gasteiger charge is 2.78. The number of aliphatic hydroxyl groups excluding tert-OH is 2. The van der Waals surface area contributed by atoms with Gasteiger partial charge in [-0.3, -0.25) is 19.2 Å². The van der Waals surface area contributed by atoms with E-state index in [4.69, 9.17) is 28.4 Å². The monoisotopic (exact) mass is 907 g/mol. The molecule has 2 aromatic carbocycles. The van der Waals surface area contributed by atoms with Crippen LogP contribution in [0.2, 0.25) is 0 Å². The number of rotatable bonds is 12. The van der Waals surface area contributed by atoms with E-state index in [2.05, 4.69) is 5.32 Å². The van der Waals surface area contributed by atoms with Gasteiger partial charge in [0, 0.05) is 25.2 Å². The fourth-order valence-corrected chi connectivity index (χ4v) is 10.1. The highest BCUT2D eigenvalue weighted by molar-refractivity contribution is 5.94. The lowest BCUT2D eigenvalue weighted by Crippen LogP contribution is -2.81. The van der Waals surface area contributed by atoms with Crippen LogP contribution in [0.25, 0.3) is 0 Å². The largest absolute Gasteiger partial charge is 0.481 e. The van der Waals surface area contributed by atoms with Gasteiger partial charge in [-0.2, -0.15) is 0 Å². The number of nitrogens with one attached hydrogen (secondary N) is 1. The molecule has 18 nitrogen and oxygen atoms in total. The molecule has 6 rings (SSSR count). The van der Waals surface area contributed by atoms with Gasteiger partial charge >= 0.3 is 35.9 Å². The second kappa shape index (κ2) is 17.9. The molecule has 1 amide bonds. The summed E-state index contributed by atoms with van der Waals surface area (Å²) < 4.78 is 35.5. The van der Waals surface area contributed by atoms with Crippen LogP contribution in [0.5, 0.6) is 0 Å². The molecule has 11 atom stereocenters. The topological polar surface area (TPSA) is 268 Å². The fraction of sp³-hybridized carbons (Fsp3) is 0.553. The number of esters is 4. The Morgan fingerprint density at radius 2 is 1.54 bits per heavy atom. The van der Waals surface area contributed by atoms with Gasteiger partial charge in [0.15, 0.2) is 11.4 Å². The van der Waals surface area contributed by atoms with E-state index in [0.29, 0.717) is 0 Å². The summed E-state index contributed by atoms with van der Waals surface area (Å²) >= 11 is 0. The van der Waals surface area contributed by atoms with E-state index in [-0.39, 0.29) is 35.3 Å². The van der Waals surface area contributed by atoms with E-state index in [1.165, 1.54) is 52.0 Å². The van der Waals surface area contributed by atoms with Gasteiger partial charge in [0.1, 0.15) is 41.7 Å². The number of fused-ring (bicyclic) bond motifs is 5. The van der Waals surface area contributed by atoms with Crippen molar-refractivity contribution in [3.8, 4) is 0 Å².